The number of carbonyl (C=O) groups is 1. The van der Waals surface area contributed by atoms with Gasteiger partial charge in [-0.3, -0.25) is 10.1 Å². The Hall–Kier alpha value is -0.650. The molecule has 0 aliphatic heterocycles. The quantitative estimate of drug-likeness (QED) is 0.315. The monoisotopic (exact) mass is 175 g/mol. The topological polar surface area (TPSA) is 101 Å². The number of carboxylic acids is 1. The second kappa shape index (κ2) is 5.93. The maximum Gasteiger partial charge on any atom is 0.306 e. The third kappa shape index (κ3) is 6.09. The van der Waals surface area contributed by atoms with E-state index in [-0.39, 0.29) is 5.92 Å². The molecule has 6 N–H and O–H groups in total. The lowest BCUT2D eigenvalue weighted by molar-refractivity contribution is -0.141. The summed E-state index contributed by atoms with van der Waals surface area (Å²) < 4.78 is 0. The molecule has 0 aromatic carbocycles. The van der Waals surface area contributed by atoms with Crippen molar-refractivity contribution in [3.05, 3.63) is 0 Å². The zero-order valence-corrected chi connectivity index (χ0v) is 7.29. The molecule has 72 valence electrons. The fourth-order valence-corrected chi connectivity index (χ4v) is 0.800. The molecule has 5 heteroatoms. The van der Waals surface area contributed by atoms with Gasteiger partial charge >= 0.3 is 5.97 Å². The Kier molecular flexibility index (Phi) is 5.61. The maximum absolute atomic E-state index is 10.4. The first kappa shape index (κ1) is 11.4. The number of nitrogens with one attached hydrogen (secondary N) is 1. The number of nitrogens with two attached hydrogens (primary N) is 2. The van der Waals surface area contributed by atoms with Crippen LogP contribution in [0.5, 0.6) is 0 Å². The summed E-state index contributed by atoms with van der Waals surface area (Å²) in [6.07, 6.45) is 0.915. The molecule has 0 aliphatic carbocycles. The average molecular weight is 175 g/mol. The molecule has 0 fully saturated rings. The third-order valence-electron chi connectivity index (χ3n) is 1.62. The first-order valence-corrected chi connectivity index (χ1v) is 4.01. The van der Waals surface area contributed by atoms with E-state index in [1.54, 1.807) is 6.92 Å². The summed E-state index contributed by atoms with van der Waals surface area (Å²) in [4.78, 5) is 10.4. The third-order valence-corrected chi connectivity index (χ3v) is 1.62. The Labute approximate surface area is 72.1 Å². The normalized spacial score (nSPS) is 13.3. The molecule has 0 spiro atoms. The lowest BCUT2D eigenvalue weighted by Gasteiger charge is -2.09. The highest BCUT2D eigenvalue weighted by Gasteiger charge is 2.09. The summed E-state index contributed by atoms with van der Waals surface area (Å²) >= 11 is 0. The zero-order valence-electron chi connectivity index (χ0n) is 7.29. The van der Waals surface area contributed by atoms with Crippen molar-refractivity contribution in [1.82, 2.24) is 5.32 Å². The minimum atomic E-state index is -0.757. The first-order chi connectivity index (χ1) is 5.54. The van der Waals surface area contributed by atoms with Crippen LogP contribution in [0.2, 0.25) is 0 Å². The summed E-state index contributed by atoms with van der Waals surface area (Å²) in [5, 5.41) is 11.3. The van der Waals surface area contributed by atoms with E-state index in [1.807, 2.05) is 0 Å². The Morgan fingerprint density at radius 3 is 2.58 bits per heavy atom. The van der Waals surface area contributed by atoms with Gasteiger partial charge in [-0.1, -0.05) is 6.92 Å². The van der Waals surface area contributed by atoms with Crippen molar-refractivity contribution in [2.24, 2.45) is 17.4 Å². The van der Waals surface area contributed by atoms with Gasteiger partial charge in [0, 0.05) is 0 Å². The maximum atomic E-state index is 10.4. The van der Waals surface area contributed by atoms with Crippen LogP contribution in [0.1, 0.15) is 19.8 Å². The SMILES string of the molecule is CC(CCCNC(N)N)C(=O)O. The summed E-state index contributed by atoms with van der Waals surface area (Å²) in [5.74, 6) is -1.05. The van der Waals surface area contributed by atoms with Crippen molar-refractivity contribution in [3.8, 4) is 0 Å². The average Bonchev–Trinajstić information content (AvgIpc) is 1.97. The van der Waals surface area contributed by atoms with E-state index >= 15 is 0 Å². The summed E-state index contributed by atoms with van der Waals surface area (Å²) in [5.41, 5.74) is 10.4. The summed E-state index contributed by atoms with van der Waals surface area (Å²) in [6.45, 7) is 2.35. The molecule has 0 rings (SSSR count). The van der Waals surface area contributed by atoms with E-state index in [1.165, 1.54) is 0 Å². The van der Waals surface area contributed by atoms with Gasteiger partial charge < -0.3 is 16.6 Å². The van der Waals surface area contributed by atoms with Crippen LogP contribution in [0.3, 0.4) is 0 Å². The molecule has 0 radical (unpaired) electrons. The minimum absolute atomic E-state index is 0.291. The second-order valence-electron chi connectivity index (χ2n) is 2.86. The number of rotatable bonds is 6. The number of hydrogen-bond donors (Lipinski definition) is 4. The van der Waals surface area contributed by atoms with Gasteiger partial charge in [-0.15, -0.1) is 0 Å². The van der Waals surface area contributed by atoms with Crippen molar-refractivity contribution in [1.29, 1.82) is 0 Å². The van der Waals surface area contributed by atoms with Crippen LogP contribution < -0.4 is 16.8 Å². The number of carboxylic acid groups (broad SMARTS) is 1. The van der Waals surface area contributed by atoms with Crippen LogP contribution in [0, 0.1) is 5.92 Å². The molecule has 0 aromatic heterocycles. The van der Waals surface area contributed by atoms with E-state index in [9.17, 15) is 4.79 Å². The van der Waals surface area contributed by atoms with E-state index in [4.69, 9.17) is 16.6 Å². The number of hydrogen-bond acceptors (Lipinski definition) is 4. The van der Waals surface area contributed by atoms with Crippen LogP contribution in [-0.2, 0) is 4.79 Å². The molecule has 0 aromatic rings. The van der Waals surface area contributed by atoms with Gasteiger partial charge in [-0.05, 0) is 19.4 Å². The molecule has 0 saturated carbocycles. The van der Waals surface area contributed by atoms with Gasteiger partial charge in [-0.2, -0.15) is 0 Å². The molecule has 0 aliphatic rings. The van der Waals surface area contributed by atoms with Crippen molar-refractivity contribution in [3.63, 3.8) is 0 Å². The number of aliphatic carboxylic acids is 1. The van der Waals surface area contributed by atoms with Crippen molar-refractivity contribution in [2.45, 2.75) is 26.1 Å². The summed E-state index contributed by atoms with van der Waals surface area (Å²) in [6, 6.07) is 0. The lowest BCUT2D eigenvalue weighted by atomic mass is 10.1. The van der Waals surface area contributed by atoms with Crippen LogP contribution in [0.4, 0.5) is 0 Å². The van der Waals surface area contributed by atoms with E-state index in [0.717, 1.165) is 6.42 Å². The smallest absolute Gasteiger partial charge is 0.306 e. The van der Waals surface area contributed by atoms with Gasteiger partial charge in [0.1, 0.15) is 6.29 Å². The molecule has 0 saturated heterocycles. The Morgan fingerprint density at radius 1 is 1.58 bits per heavy atom. The second-order valence-corrected chi connectivity index (χ2v) is 2.86. The Morgan fingerprint density at radius 2 is 2.17 bits per heavy atom. The van der Waals surface area contributed by atoms with Gasteiger partial charge in [0.25, 0.3) is 0 Å². The molecule has 1 atom stereocenters. The van der Waals surface area contributed by atoms with Gasteiger partial charge in [0.2, 0.25) is 0 Å². The highest BCUT2D eigenvalue weighted by atomic mass is 16.4. The van der Waals surface area contributed by atoms with Crippen LogP contribution in [-0.4, -0.2) is 23.9 Å². The van der Waals surface area contributed by atoms with E-state index in [2.05, 4.69) is 5.32 Å². The molecular weight excluding hydrogens is 158 g/mol. The standard InChI is InChI=1S/C7H17N3O2/c1-5(6(11)12)3-2-4-10-7(8)9/h5,7,10H,2-4,8-9H2,1H3,(H,11,12). The molecule has 1 unspecified atom stereocenters. The van der Waals surface area contributed by atoms with Gasteiger partial charge in [-0.25, -0.2) is 0 Å². The fourth-order valence-electron chi connectivity index (χ4n) is 0.800. The van der Waals surface area contributed by atoms with Crippen LogP contribution >= 0.6 is 0 Å². The zero-order chi connectivity index (χ0) is 9.56. The largest absolute Gasteiger partial charge is 0.481 e. The lowest BCUT2D eigenvalue weighted by Crippen LogP contribution is -2.45. The minimum Gasteiger partial charge on any atom is -0.481 e. The fraction of sp³-hybridized carbons (Fsp3) is 0.857. The molecule has 12 heavy (non-hydrogen) atoms. The van der Waals surface area contributed by atoms with Crippen LogP contribution in [0.25, 0.3) is 0 Å². The van der Waals surface area contributed by atoms with Gasteiger partial charge in [0.15, 0.2) is 0 Å². The molecule has 0 amide bonds. The highest BCUT2D eigenvalue weighted by Crippen LogP contribution is 2.03. The van der Waals surface area contributed by atoms with Crippen molar-refractivity contribution < 1.29 is 9.90 Å². The van der Waals surface area contributed by atoms with Crippen LogP contribution in [0.15, 0.2) is 0 Å². The van der Waals surface area contributed by atoms with Crippen molar-refractivity contribution >= 4 is 5.97 Å². The van der Waals surface area contributed by atoms with E-state index < -0.39 is 12.3 Å². The first-order valence-electron chi connectivity index (χ1n) is 4.01. The molecule has 0 bridgehead atoms. The van der Waals surface area contributed by atoms with Gasteiger partial charge in [0.05, 0.1) is 5.92 Å². The molecule has 0 heterocycles. The predicted octanol–water partition coefficient (Wildman–Crippen LogP) is -0.722. The Balaban J connectivity index is 3.25. The predicted molar refractivity (Wildman–Crippen MR) is 46.2 cm³/mol. The van der Waals surface area contributed by atoms with E-state index in [0.29, 0.717) is 13.0 Å². The highest BCUT2D eigenvalue weighted by molar-refractivity contribution is 5.69. The molecular formula is C7H17N3O2. The molecule has 5 nitrogen and oxygen atoms in total. The van der Waals surface area contributed by atoms with Crippen molar-refractivity contribution in [2.75, 3.05) is 6.54 Å². The Bertz CT molecular complexity index is 139. The summed E-state index contributed by atoms with van der Waals surface area (Å²) in [7, 11) is 0.